The van der Waals surface area contributed by atoms with Gasteiger partial charge in [-0.25, -0.2) is 4.39 Å². The maximum atomic E-state index is 12.6. The maximum absolute atomic E-state index is 12.6. The Bertz CT molecular complexity index is 474. The van der Waals surface area contributed by atoms with Crippen molar-refractivity contribution in [1.29, 1.82) is 0 Å². The van der Waals surface area contributed by atoms with Crippen molar-refractivity contribution in [1.82, 2.24) is 10.6 Å². The molecule has 0 aromatic heterocycles. The van der Waals surface area contributed by atoms with Gasteiger partial charge in [0.25, 0.3) is 0 Å². The lowest BCUT2D eigenvalue weighted by Gasteiger charge is -2.06. The van der Waals surface area contributed by atoms with Gasteiger partial charge >= 0.3 is 11.8 Å². The lowest BCUT2D eigenvalue weighted by atomic mass is 10.3. The van der Waals surface area contributed by atoms with Crippen molar-refractivity contribution in [3.63, 3.8) is 0 Å². The largest absolute Gasteiger partial charge is 0.355 e. The number of carbonyl (C=O) groups is 3. The van der Waals surface area contributed by atoms with Gasteiger partial charge in [-0.3, -0.25) is 14.4 Å². The Kier molecular flexibility index (Phi) is 5.46. The SMILES string of the molecule is CC(=O)NCCNC(=O)C(=O)Nc1ccc(F)cc1. The highest BCUT2D eigenvalue weighted by atomic mass is 19.1. The highest BCUT2D eigenvalue weighted by Gasteiger charge is 2.12. The number of carbonyl (C=O) groups excluding carboxylic acids is 3. The van der Waals surface area contributed by atoms with Crippen LogP contribution in [0.1, 0.15) is 6.92 Å². The van der Waals surface area contributed by atoms with Gasteiger partial charge in [-0.2, -0.15) is 0 Å². The molecule has 1 rings (SSSR count). The zero-order chi connectivity index (χ0) is 14.3. The molecule has 6 nitrogen and oxygen atoms in total. The summed E-state index contributed by atoms with van der Waals surface area (Å²) in [7, 11) is 0. The van der Waals surface area contributed by atoms with E-state index in [0.29, 0.717) is 5.69 Å². The van der Waals surface area contributed by atoms with E-state index in [4.69, 9.17) is 0 Å². The number of amides is 3. The summed E-state index contributed by atoms with van der Waals surface area (Å²) < 4.78 is 12.6. The highest BCUT2D eigenvalue weighted by molar-refractivity contribution is 6.39. The van der Waals surface area contributed by atoms with E-state index in [0.717, 1.165) is 0 Å². The van der Waals surface area contributed by atoms with Crippen molar-refractivity contribution in [2.75, 3.05) is 18.4 Å². The summed E-state index contributed by atoms with van der Waals surface area (Å²) in [5.74, 6) is -2.33. The average Bonchev–Trinajstić information content (AvgIpc) is 2.36. The molecule has 1 aromatic rings. The van der Waals surface area contributed by atoms with Crippen LogP contribution in [0.4, 0.5) is 10.1 Å². The molecule has 0 atom stereocenters. The fourth-order valence-corrected chi connectivity index (χ4v) is 1.22. The number of benzene rings is 1. The van der Waals surface area contributed by atoms with Crippen LogP contribution < -0.4 is 16.0 Å². The van der Waals surface area contributed by atoms with Crippen molar-refractivity contribution < 1.29 is 18.8 Å². The number of halogens is 1. The lowest BCUT2D eigenvalue weighted by molar-refractivity contribution is -0.136. The zero-order valence-corrected chi connectivity index (χ0v) is 10.3. The lowest BCUT2D eigenvalue weighted by Crippen LogP contribution is -2.39. The zero-order valence-electron chi connectivity index (χ0n) is 10.3. The summed E-state index contributed by atoms with van der Waals surface area (Å²) in [6.07, 6.45) is 0. The molecule has 0 saturated carbocycles. The molecule has 0 radical (unpaired) electrons. The highest BCUT2D eigenvalue weighted by Crippen LogP contribution is 2.07. The quantitative estimate of drug-likeness (QED) is 0.531. The van der Waals surface area contributed by atoms with Crippen molar-refractivity contribution in [2.24, 2.45) is 0 Å². The summed E-state index contributed by atoms with van der Waals surface area (Å²) >= 11 is 0. The maximum Gasteiger partial charge on any atom is 0.313 e. The molecular weight excluding hydrogens is 253 g/mol. The van der Waals surface area contributed by atoms with Crippen molar-refractivity contribution in [2.45, 2.75) is 6.92 Å². The summed E-state index contributed by atoms with van der Waals surface area (Å²) in [5, 5.41) is 7.11. The van der Waals surface area contributed by atoms with Gasteiger partial charge in [-0.15, -0.1) is 0 Å². The number of nitrogens with one attached hydrogen (secondary N) is 3. The first kappa shape index (κ1) is 14.6. The molecule has 0 aliphatic carbocycles. The molecule has 3 amide bonds. The number of anilines is 1. The number of hydrogen-bond acceptors (Lipinski definition) is 3. The average molecular weight is 267 g/mol. The van der Waals surface area contributed by atoms with Gasteiger partial charge in [0.15, 0.2) is 0 Å². The molecule has 1 aromatic carbocycles. The second-order valence-electron chi connectivity index (χ2n) is 3.70. The van der Waals surface area contributed by atoms with E-state index in [2.05, 4.69) is 16.0 Å². The minimum Gasteiger partial charge on any atom is -0.355 e. The predicted octanol–water partition coefficient (Wildman–Crippen LogP) is 0.0165. The summed E-state index contributed by atoms with van der Waals surface area (Å²) in [5.41, 5.74) is 0.323. The second kappa shape index (κ2) is 7.10. The number of rotatable bonds is 4. The van der Waals surface area contributed by atoms with Crippen LogP contribution in [0.15, 0.2) is 24.3 Å². The van der Waals surface area contributed by atoms with Crippen LogP contribution in [0, 0.1) is 5.82 Å². The van der Waals surface area contributed by atoms with Gasteiger partial charge in [-0.05, 0) is 24.3 Å². The third-order valence-corrected chi connectivity index (χ3v) is 2.09. The van der Waals surface area contributed by atoms with Crippen LogP contribution in [0.5, 0.6) is 0 Å². The molecule has 102 valence electrons. The monoisotopic (exact) mass is 267 g/mol. The molecule has 0 heterocycles. The molecule has 7 heteroatoms. The van der Waals surface area contributed by atoms with Gasteiger partial charge in [0.05, 0.1) is 0 Å². The summed E-state index contributed by atoms with van der Waals surface area (Å²) in [6.45, 7) is 1.74. The summed E-state index contributed by atoms with van der Waals surface area (Å²) in [4.78, 5) is 33.3. The molecule has 0 bridgehead atoms. The smallest absolute Gasteiger partial charge is 0.313 e. The number of hydrogen-bond donors (Lipinski definition) is 3. The first-order valence-corrected chi connectivity index (χ1v) is 5.58. The van der Waals surface area contributed by atoms with Crippen molar-refractivity contribution in [3.05, 3.63) is 30.1 Å². The molecule has 19 heavy (non-hydrogen) atoms. The van der Waals surface area contributed by atoms with E-state index in [1.807, 2.05) is 0 Å². The Morgan fingerprint density at radius 2 is 1.58 bits per heavy atom. The van der Waals surface area contributed by atoms with Gasteiger partial charge in [-0.1, -0.05) is 0 Å². The van der Waals surface area contributed by atoms with Crippen LogP contribution >= 0.6 is 0 Å². The van der Waals surface area contributed by atoms with Crippen LogP contribution in [0.2, 0.25) is 0 Å². The topological polar surface area (TPSA) is 87.3 Å². The van der Waals surface area contributed by atoms with Gasteiger partial charge in [0.1, 0.15) is 5.82 Å². The Labute approximate surface area is 109 Å². The predicted molar refractivity (Wildman–Crippen MR) is 66.7 cm³/mol. The Hall–Kier alpha value is -2.44. The standard InChI is InChI=1S/C12H14FN3O3/c1-8(17)14-6-7-15-11(18)12(19)16-10-4-2-9(13)3-5-10/h2-5H,6-7H2,1H3,(H,14,17)(H,15,18)(H,16,19). The molecule has 0 saturated heterocycles. The molecule has 0 unspecified atom stereocenters. The molecular formula is C12H14FN3O3. The first-order chi connectivity index (χ1) is 8.99. The first-order valence-electron chi connectivity index (χ1n) is 5.58. The molecule has 3 N–H and O–H groups in total. The Morgan fingerprint density at radius 1 is 1.00 bits per heavy atom. The minimum absolute atomic E-state index is 0.148. The van der Waals surface area contributed by atoms with E-state index in [1.165, 1.54) is 31.2 Å². The molecule has 0 spiro atoms. The van der Waals surface area contributed by atoms with E-state index >= 15 is 0 Å². The van der Waals surface area contributed by atoms with E-state index in [-0.39, 0.29) is 19.0 Å². The van der Waals surface area contributed by atoms with E-state index < -0.39 is 17.6 Å². The van der Waals surface area contributed by atoms with Crippen LogP contribution in [0.3, 0.4) is 0 Å². The molecule has 0 fully saturated rings. The third kappa shape index (κ3) is 5.62. The molecule has 0 aliphatic heterocycles. The van der Waals surface area contributed by atoms with E-state index in [1.54, 1.807) is 0 Å². The fourth-order valence-electron chi connectivity index (χ4n) is 1.22. The second-order valence-corrected chi connectivity index (χ2v) is 3.70. The van der Waals surface area contributed by atoms with Gasteiger partial charge in [0, 0.05) is 25.7 Å². The fraction of sp³-hybridized carbons (Fsp3) is 0.250. The molecule has 0 aliphatic rings. The van der Waals surface area contributed by atoms with Crippen molar-refractivity contribution >= 4 is 23.4 Å². The summed E-state index contributed by atoms with van der Waals surface area (Å²) in [6, 6.07) is 5.03. The van der Waals surface area contributed by atoms with Crippen LogP contribution in [-0.2, 0) is 14.4 Å². The van der Waals surface area contributed by atoms with Gasteiger partial charge < -0.3 is 16.0 Å². The third-order valence-electron chi connectivity index (χ3n) is 2.09. The van der Waals surface area contributed by atoms with Crippen molar-refractivity contribution in [3.8, 4) is 0 Å². The minimum atomic E-state index is -0.852. The van der Waals surface area contributed by atoms with Gasteiger partial charge in [0.2, 0.25) is 5.91 Å². The Balaban J connectivity index is 2.34. The van der Waals surface area contributed by atoms with Crippen LogP contribution in [-0.4, -0.2) is 30.8 Å². The Morgan fingerprint density at radius 3 is 2.16 bits per heavy atom. The normalized spacial score (nSPS) is 9.58. The van der Waals surface area contributed by atoms with Crippen LogP contribution in [0.25, 0.3) is 0 Å². The van der Waals surface area contributed by atoms with E-state index in [9.17, 15) is 18.8 Å².